The van der Waals surface area contributed by atoms with Crippen LogP contribution in [0.1, 0.15) is 5.56 Å². The van der Waals surface area contributed by atoms with Crippen molar-refractivity contribution in [3.05, 3.63) is 52.8 Å². The summed E-state index contributed by atoms with van der Waals surface area (Å²) in [5, 5.41) is 4.85. The highest BCUT2D eigenvalue weighted by molar-refractivity contribution is 7.80. The lowest BCUT2D eigenvalue weighted by Crippen LogP contribution is -2.21. The van der Waals surface area contributed by atoms with Gasteiger partial charge in [0.2, 0.25) is 0 Å². The largest absolute Gasteiger partial charge is 0.494 e. The number of nitrogens with one attached hydrogen (secondary N) is 2. The number of rotatable bonds is 3. The van der Waals surface area contributed by atoms with Crippen molar-refractivity contribution in [2.75, 3.05) is 17.7 Å². The average Bonchev–Trinajstić information content (AvgIpc) is 2.48. The summed E-state index contributed by atoms with van der Waals surface area (Å²) in [5.41, 5.74) is -0.966. The normalized spacial score (nSPS) is 11.1. The first-order valence-corrected chi connectivity index (χ1v) is 7.27. The molecule has 0 aromatic heterocycles. The summed E-state index contributed by atoms with van der Waals surface area (Å²) in [4.78, 5) is 0. The van der Waals surface area contributed by atoms with E-state index in [2.05, 4.69) is 10.6 Å². The van der Waals surface area contributed by atoms with Crippen LogP contribution in [-0.4, -0.2) is 12.2 Å². The molecule has 128 valence electrons. The van der Waals surface area contributed by atoms with E-state index in [-0.39, 0.29) is 27.3 Å². The molecule has 0 aliphatic rings. The monoisotopic (exact) mass is 378 g/mol. The molecule has 0 saturated heterocycles. The molecule has 9 heteroatoms. The molecule has 0 spiro atoms. The van der Waals surface area contributed by atoms with Crippen molar-refractivity contribution in [3.8, 4) is 5.75 Å². The predicted molar refractivity (Wildman–Crippen MR) is 89.2 cm³/mol. The van der Waals surface area contributed by atoms with Gasteiger partial charge < -0.3 is 15.4 Å². The van der Waals surface area contributed by atoms with E-state index in [1.165, 1.54) is 25.3 Å². The SMILES string of the molecule is COc1ccc(NC(=S)Nc2ccc(Cl)cc2C(F)(F)F)cc1F. The van der Waals surface area contributed by atoms with Gasteiger partial charge in [-0.05, 0) is 42.5 Å². The second kappa shape index (κ2) is 7.23. The van der Waals surface area contributed by atoms with Crippen molar-refractivity contribution >= 4 is 40.3 Å². The van der Waals surface area contributed by atoms with Crippen molar-refractivity contribution in [2.24, 2.45) is 0 Å². The van der Waals surface area contributed by atoms with Crippen LogP contribution in [0, 0.1) is 5.82 Å². The van der Waals surface area contributed by atoms with Gasteiger partial charge in [0.05, 0.1) is 18.4 Å². The van der Waals surface area contributed by atoms with Crippen LogP contribution in [0.25, 0.3) is 0 Å². The molecular weight excluding hydrogens is 368 g/mol. The molecule has 0 heterocycles. The van der Waals surface area contributed by atoms with Gasteiger partial charge in [-0.15, -0.1) is 0 Å². The quantitative estimate of drug-likeness (QED) is 0.559. The Morgan fingerprint density at radius 1 is 1.12 bits per heavy atom. The molecule has 0 saturated carbocycles. The van der Waals surface area contributed by atoms with Crippen molar-refractivity contribution in [1.29, 1.82) is 0 Å². The van der Waals surface area contributed by atoms with Crippen LogP contribution in [0.4, 0.5) is 28.9 Å². The zero-order valence-corrected chi connectivity index (χ0v) is 13.7. The van der Waals surface area contributed by atoms with E-state index in [1.54, 1.807) is 0 Å². The van der Waals surface area contributed by atoms with E-state index in [0.29, 0.717) is 0 Å². The number of hydrogen-bond acceptors (Lipinski definition) is 2. The molecule has 0 atom stereocenters. The minimum Gasteiger partial charge on any atom is -0.494 e. The molecule has 2 aromatic rings. The number of hydrogen-bond donors (Lipinski definition) is 2. The van der Waals surface area contributed by atoms with E-state index < -0.39 is 17.6 Å². The highest BCUT2D eigenvalue weighted by Gasteiger charge is 2.34. The second-order valence-electron chi connectivity index (χ2n) is 4.62. The van der Waals surface area contributed by atoms with Crippen LogP contribution >= 0.6 is 23.8 Å². The van der Waals surface area contributed by atoms with E-state index in [4.69, 9.17) is 28.6 Å². The molecule has 0 aliphatic carbocycles. The minimum absolute atomic E-state index is 0.0384. The van der Waals surface area contributed by atoms with Crippen LogP contribution in [0.15, 0.2) is 36.4 Å². The summed E-state index contributed by atoms with van der Waals surface area (Å²) in [5.74, 6) is -0.593. The second-order valence-corrected chi connectivity index (χ2v) is 5.46. The zero-order chi connectivity index (χ0) is 17.9. The molecule has 2 rings (SSSR count). The van der Waals surface area contributed by atoms with Crippen molar-refractivity contribution < 1.29 is 22.3 Å². The van der Waals surface area contributed by atoms with Gasteiger partial charge in [-0.2, -0.15) is 13.2 Å². The molecule has 3 nitrogen and oxygen atoms in total. The molecule has 0 fully saturated rings. The number of thiocarbonyl (C=S) groups is 1. The van der Waals surface area contributed by atoms with Gasteiger partial charge in [0.25, 0.3) is 0 Å². The van der Waals surface area contributed by atoms with E-state index in [1.807, 2.05) is 0 Å². The Morgan fingerprint density at radius 3 is 2.42 bits per heavy atom. The van der Waals surface area contributed by atoms with Gasteiger partial charge in [-0.25, -0.2) is 4.39 Å². The molecule has 2 N–H and O–H groups in total. The fraction of sp³-hybridized carbons (Fsp3) is 0.133. The van der Waals surface area contributed by atoms with Gasteiger partial charge in [0.1, 0.15) is 0 Å². The Labute approximate surface area is 145 Å². The fourth-order valence-electron chi connectivity index (χ4n) is 1.89. The number of benzene rings is 2. The van der Waals surface area contributed by atoms with E-state index in [0.717, 1.165) is 18.2 Å². The Hall–Kier alpha value is -2.06. The summed E-state index contributed by atoms with van der Waals surface area (Å²) in [7, 11) is 1.32. The molecule has 0 aliphatic heterocycles. The predicted octanol–water partition coefficient (Wildman–Crippen LogP) is 5.32. The lowest BCUT2D eigenvalue weighted by atomic mass is 10.1. The maximum atomic E-state index is 13.6. The summed E-state index contributed by atoms with van der Waals surface area (Å²) < 4.78 is 57.4. The van der Waals surface area contributed by atoms with Crippen LogP contribution in [0.5, 0.6) is 5.75 Å². The third-order valence-corrected chi connectivity index (χ3v) is 3.38. The number of methoxy groups -OCH3 is 1. The zero-order valence-electron chi connectivity index (χ0n) is 12.2. The van der Waals surface area contributed by atoms with Gasteiger partial charge >= 0.3 is 6.18 Å². The number of anilines is 2. The third kappa shape index (κ3) is 4.48. The summed E-state index contributed by atoms with van der Waals surface area (Å²) in [6, 6.07) is 7.20. The maximum absolute atomic E-state index is 13.6. The molecule has 0 amide bonds. The Bertz CT molecular complexity index is 768. The maximum Gasteiger partial charge on any atom is 0.418 e. The summed E-state index contributed by atoms with van der Waals surface area (Å²) >= 11 is 10.6. The Kier molecular flexibility index (Phi) is 5.51. The van der Waals surface area contributed by atoms with Gasteiger partial charge in [-0.1, -0.05) is 11.6 Å². The molecule has 24 heavy (non-hydrogen) atoms. The van der Waals surface area contributed by atoms with Crippen molar-refractivity contribution in [1.82, 2.24) is 0 Å². The van der Waals surface area contributed by atoms with E-state index in [9.17, 15) is 17.6 Å². The van der Waals surface area contributed by atoms with Gasteiger partial charge in [0.15, 0.2) is 16.7 Å². The first-order chi connectivity index (χ1) is 11.2. The summed E-state index contributed by atoms with van der Waals surface area (Å²) in [6.07, 6.45) is -4.60. The lowest BCUT2D eigenvalue weighted by Gasteiger charge is -2.16. The standard InChI is InChI=1S/C15H11ClF4N2OS/c1-23-13-5-3-9(7-11(13)17)21-14(24)22-12-4-2-8(16)6-10(12)15(18,19)20/h2-7H,1H3,(H2,21,22,24). The number of alkyl halides is 3. The van der Waals surface area contributed by atoms with Crippen LogP contribution in [0.2, 0.25) is 5.02 Å². The van der Waals surface area contributed by atoms with Crippen molar-refractivity contribution in [3.63, 3.8) is 0 Å². The van der Waals surface area contributed by atoms with Crippen LogP contribution < -0.4 is 15.4 Å². The topological polar surface area (TPSA) is 33.3 Å². The molecular formula is C15H11ClF4N2OS. The van der Waals surface area contributed by atoms with E-state index >= 15 is 0 Å². The molecule has 0 unspecified atom stereocenters. The first kappa shape index (κ1) is 18.3. The lowest BCUT2D eigenvalue weighted by molar-refractivity contribution is -0.136. The molecule has 0 radical (unpaired) electrons. The average molecular weight is 379 g/mol. The first-order valence-electron chi connectivity index (χ1n) is 6.49. The number of halogens is 5. The minimum atomic E-state index is -4.60. The van der Waals surface area contributed by atoms with Crippen LogP contribution in [-0.2, 0) is 6.18 Å². The third-order valence-electron chi connectivity index (χ3n) is 2.94. The molecule has 2 aromatic carbocycles. The molecule has 0 bridgehead atoms. The Morgan fingerprint density at radius 2 is 1.83 bits per heavy atom. The van der Waals surface area contributed by atoms with Gasteiger partial charge in [-0.3, -0.25) is 0 Å². The number of ether oxygens (including phenoxy) is 1. The van der Waals surface area contributed by atoms with Crippen molar-refractivity contribution in [2.45, 2.75) is 6.18 Å². The highest BCUT2D eigenvalue weighted by atomic mass is 35.5. The Balaban J connectivity index is 2.17. The van der Waals surface area contributed by atoms with Gasteiger partial charge in [0, 0.05) is 16.8 Å². The fourth-order valence-corrected chi connectivity index (χ4v) is 2.29. The van der Waals surface area contributed by atoms with Crippen LogP contribution in [0.3, 0.4) is 0 Å². The summed E-state index contributed by atoms with van der Waals surface area (Å²) in [6.45, 7) is 0. The smallest absolute Gasteiger partial charge is 0.418 e. The highest BCUT2D eigenvalue weighted by Crippen LogP contribution is 2.36.